The van der Waals surface area contributed by atoms with Crippen LogP contribution in [0.3, 0.4) is 0 Å². The number of benzene rings is 1. The van der Waals surface area contributed by atoms with Crippen LogP contribution in [-0.4, -0.2) is 12.8 Å². The molecule has 0 unspecified atom stereocenters. The van der Waals surface area contributed by atoms with E-state index >= 15 is 0 Å². The molecule has 1 aromatic carbocycles. The van der Waals surface area contributed by atoms with Crippen molar-refractivity contribution in [3.63, 3.8) is 0 Å². The van der Waals surface area contributed by atoms with Gasteiger partial charge in [0.05, 0.1) is 11.3 Å². The number of halogens is 3. The van der Waals surface area contributed by atoms with E-state index in [4.69, 9.17) is 0 Å². The minimum atomic E-state index is -4.33. The van der Waals surface area contributed by atoms with Gasteiger partial charge in [-0.05, 0) is 24.1 Å². The minimum absolute atomic E-state index is 0.430. The molecule has 2 nitrogen and oxygen atoms in total. The van der Waals surface area contributed by atoms with Crippen molar-refractivity contribution in [2.75, 3.05) is 7.11 Å². The average molecular weight is 231 g/mol. The van der Waals surface area contributed by atoms with E-state index in [-0.39, 0.29) is 0 Å². The van der Waals surface area contributed by atoms with Gasteiger partial charge in [0.25, 0.3) is 0 Å². The lowest BCUT2D eigenvalue weighted by molar-refractivity contribution is -0.137. The zero-order valence-corrected chi connectivity index (χ0v) is 9.01. The lowest BCUT2D eigenvalue weighted by atomic mass is 10.0. The molecule has 0 amide bonds. The summed E-state index contributed by atoms with van der Waals surface area (Å²) in [5.74, 6) is 0. The molecule has 0 fully saturated rings. The van der Waals surface area contributed by atoms with Crippen LogP contribution in [0.15, 0.2) is 29.4 Å². The Kier molecular flexibility index (Phi) is 3.93. The van der Waals surface area contributed by atoms with Crippen LogP contribution in [0.5, 0.6) is 0 Å². The predicted molar refractivity (Wildman–Crippen MR) is 55.3 cm³/mol. The van der Waals surface area contributed by atoms with Gasteiger partial charge in [0.15, 0.2) is 0 Å². The van der Waals surface area contributed by atoms with Crippen LogP contribution in [0, 0.1) is 0 Å². The van der Waals surface area contributed by atoms with Gasteiger partial charge in [-0.15, -0.1) is 0 Å². The van der Waals surface area contributed by atoms with Gasteiger partial charge in [0.2, 0.25) is 0 Å². The van der Waals surface area contributed by atoms with Gasteiger partial charge < -0.3 is 4.84 Å². The van der Waals surface area contributed by atoms with Crippen LogP contribution >= 0.6 is 0 Å². The zero-order valence-electron chi connectivity index (χ0n) is 9.01. The van der Waals surface area contributed by atoms with Crippen molar-refractivity contribution >= 4 is 5.71 Å². The third kappa shape index (κ3) is 2.98. The summed E-state index contributed by atoms with van der Waals surface area (Å²) in [6.45, 7) is 1.80. The van der Waals surface area contributed by atoms with Crippen LogP contribution in [0.2, 0.25) is 0 Å². The molecule has 0 heterocycles. The van der Waals surface area contributed by atoms with Crippen molar-refractivity contribution in [2.24, 2.45) is 5.16 Å². The first-order chi connectivity index (χ1) is 7.49. The molecule has 0 aromatic heterocycles. The third-order valence-electron chi connectivity index (χ3n) is 2.06. The first-order valence-electron chi connectivity index (χ1n) is 4.76. The largest absolute Gasteiger partial charge is 0.416 e. The monoisotopic (exact) mass is 231 g/mol. The standard InChI is InChI=1S/C11H12F3NO/c1-3-10(15-16-2)8-5-4-6-9(7-8)11(12,13)14/h4-7H,3H2,1-2H3/b15-10+. The van der Waals surface area contributed by atoms with E-state index in [1.54, 1.807) is 13.0 Å². The maximum Gasteiger partial charge on any atom is 0.416 e. The van der Waals surface area contributed by atoms with Crippen LogP contribution in [-0.2, 0) is 11.0 Å². The Morgan fingerprint density at radius 2 is 2.06 bits per heavy atom. The molecule has 16 heavy (non-hydrogen) atoms. The average Bonchev–Trinajstić information content (AvgIpc) is 2.25. The van der Waals surface area contributed by atoms with Gasteiger partial charge in [-0.25, -0.2) is 0 Å². The van der Waals surface area contributed by atoms with Gasteiger partial charge >= 0.3 is 6.18 Å². The summed E-state index contributed by atoms with van der Waals surface area (Å²) in [6, 6.07) is 5.04. The second-order valence-electron chi connectivity index (χ2n) is 3.15. The summed E-state index contributed by atoms with van der Waals surface area (Å²) < 4.78 is 37.3. The van der Waals surface area contributed by atoms with Crippen molar-refractivity contribution in [1.29, 1.82) is 0 Å². The lowest BCUT2D eigenvalue weighted by Gasteiger charge is -2.09. The van der Waals surface area contributed by atoms with Gasteiger partial charge in [0.1, 0.15) is 7.11 Å². The molecule has 0 saturated heterocycles. The SMILES string of the molecule is CC/C(=N\OC)c1cccc(C(F)(F)F)c1. The Hall–Kier alpha value is -1.52. The first kappa shape index (κ1) is 12.5. The summed E-state index contributed by atoms with van der Waals surface area (Å²) in [5, 5.41) is 3.69. The predicted octanol–water partition coefficient (Wildman–Crippen LogP) is 3.47. The molecule has 0 atom stereocenters. The molecule has 0 aliphatic heterocycles. The number of hydrogen-bond donors (Lipinski definition) is 0. The second-order valence-corrected chi connectivity index (χ2v) is 3.15. The van der Waals surface area contributed by atoms with Crippen molar-refractivity contribution in [2.45, 2.75) is 19.5 Å². The first-order valence-corrected chi connectivity index (χ1v) is 4.76. The highest BCUT2D eigenvalue weighted by atomic mass is 19.4. The fourth-order valence-corrected chi connectivity index (χ4v) is 1.31. The molecule has 0 radical (unpaired) electrons. The molecular formula is C11H12F3NO. The second kappa shape index (κ2) is 5.01. The van der Waals surface area contributed by atoms with Gasteiger partial charge in [-0.3, -0.25) is 0 Å². The van der Waals surface area contributed by atoms with Crippen LogP contribution in [0.4, 0.5) is 13.2 Å². The fraction of sp³-hybridized carbons (Fsp3) is 0.364. The Morgan fingerprint density at radius 1 is 1.38 bits per heavy atom. The molecule has 5 heteroatoms. The number of alkyl halides is 3. The maximum absolute atomic E-state index is 12.4. The van der Waals surface area contributed by atoms with E-state index < -0.39 is 11.7 Å². The van der Waals surface area contributed by atoms with E-state index in [2.05, 4.69) is 9.99 Å². The van der Waals surface area contributed by atoms with E-state index in [1.807, 2.05) is 0 Å². The zero-order chi connectivity index (χ0) is 12.2. The smallest absolute Gasteiger partial charge is 0.399 e. The Bertz CT molecular complexity index is 385. The fourth-order valence-electron chi connectivity index (χ4n) is 1.31. The van der Waals surface area contributed by atoms with Crippen LogP contribution in [0.25, 0.3) is 0 Å². The third-order valence-corrected chi connectivity index (χ3v) is 2.06. The molecule has 0 spiro atoms. The molecule has 0 aliphatic carbocycles. The molecule has 1 aromatic rings. The highest BCUT2D eigenvalue weighted by Crippen LogP contribution is 2.29. The van der Waals surface area contributed by atoms with E-state index in [1.165, 1.54) is 13.2 Å². The maximum atomic E-state index is 12.4. The van der Waals surface area contributed by atoms with Crippen LogP contribution < -0.4 is 0 Å². The molecule has 88 valence electrons. The Balaban J connectivity index is 3.12. The normalized spacial score (nSPS) is 12.7. The van der Waals surface area contributed by atoms with Gasteiger partial charge in [0, 0.05) is 0 Å². The van der Waals surface area contributed by atoms with Crippen molar-refractivity contribution in [3.05, 3.63) is 35.4 Å². The summed E-state index contributed by atoms with van der Waals surface area (Å²) in [7, 11) is 1.36. The number of rotatable bonds is 3. The highest BCUT2D eigenvalue weighted by molar-refractivity contribution is 6.00. The van der Waals surface area contributed by atoms with Crippen molar-refractivity contribution in [1.82, 2.24) is 0 Å². The Labute approximate surface area is 91.7 Å². The Morgan fingerprint density at radius 3 is 2.56 bits per heavy atom. The quantitative estimate of drug-likeness (QED) is 0.576. The summed E-state index contributed by atoms with van der Waals surface area (Å²) >= 11 is 0. The number of hydrogen-bond acceptors (Lipinski definition) is 2. The highest BCUT2D eigenvalue weighted by Gasteiger charge is 2.30. The summed E-state index contributed by atoms with van der Waals surface area (Å²) in [4.78, 5) is 4.58. The number of nitrogens with zero attached hydrogens (tertiary/aromatic N) is 1. The molecule has 0 bridgehead atoms. The molecular weight excluding hydrogens is 219 g/mol. The van der Waals surface area contributed by atoms with E-state index in [0.717, 1.165) is 12.1 Å². The minimum Gasteiger partial charge on any atom is -0.399 e. The van der Waals surface area contributed by atoms with Gasteiger partial charge in [-0.1, -0.05) is 24.2 Å². The van der Waals surface area contributed by atoms with E-state index in [9.17, 15) is 13.2 Å². The summed E-state index contributed by atoms with van der Waals surface area (Å²) in [5.41, 5.74) is 0.245. The van der Waals surface area contributed by atoms with Crippen LogP contribution in [0.1, 0.15) is 24.5 Å². The molecule has 0 saturated carbocycles. The topological polar surface area (TPSA) is 21.6 Å². The van der Waals surface area contributed by atoms with Crippen molar-refractivity contribution in [3.8, 4) is 0 Å². The van der Waals surface area contributed by atoms with Crippen molar-refractivity contribution < 1.29 is 18.0 Å². The number of oxime groups is 1. The molecule has 1 rings (SSSR count). The summed E-state index contributed by atoms with van der Waals surface area (Å²) in [6.07, 6.45) is -3.82. The molecule has 0 aliphatic rings. The lowest BCUT2D eigenvalue weighted by Crippen LogP contribution is -2.07. The molecule has 0 N–H and O–H groups in total. The van der Waals surface area contributed by atoms with E-state index in [0.29, 0.717) is 17.7 Å². The van der Waals surface area contributed by atoms with Gasteiger partial charge in [-0.2, -0.15) is 13.2 Å².